The van der Waals surface area contributed by atoms with E-state index >= 15 is 0 Å². The van der Waals surface area contributed by atoms with E-state index in [4.69, 9.17) is 9.47 Å². The molecule has 0 aliphatic carbocycles. The average molecular weight is 271 g/mol. The number of hydrogen-bond donors (Lipinski definition) is 0. The summed E-state index contributed by atoms with van der Waals surface area (Å²) in [5, 5.41) is 0. The lowest BCUT2D eigenvalue weighted by molar-refractivity contribution is 0.171. The summed E-state index contributed by atoms with van der Waals surface area (Å²) in [6, 6.07) is 8.01. The molecule has 104 valence electrons. The van der Waals surface area contributed by atoms with E-state index < -0.39 is 0 Å². The van der Waals surface area contributed by atoms with E-state index in [1.54, 1.807) is 6.33 Å². The molecular weight excluding hydrogens is 254 g/mol. The normalized spacial score (nSPS) is 13.1. The molecule has 5 heteroatoms. The highest BCUT2D eigenvalue weighted by atomic mass is 16.6. The summed E-state index contributed by atoms with van der Waals surface area (Å²) in [7, 11) is 2.01. The van der Waals surface area contributed by atoms with Crippen LogP contribution in [0.2, 0.25) is 0 Å². The summed E-state index contributed by atoms with van der Waals surface area (Å²) >= 11 is 0. The van der Waals surface area contributed by atoms with Crippen LogP contribution in [0.1, 0.15) is 11.3 Å². The van der Waals surface area contributed by atoms with Crippen molar-refractivity contribution in [1.82, 2.24) is 9.97 Å². The fourth-order valence-corrected chi connectivity index (χ4v) is 2.19. The molecule has 5 nitrogen and oxygen atoms in total. The van der Waals surface area contributed by atoms with E-state index in [0.29, 0.717) is 13.2 Å². The Morgan fingerprint density at radius 1 is 1.10 bits per heavy atom. The van der Waals surface area contributed by atoms with Gasteiger partial charge in [-0.2, -0.15) is 0 Å². The molecule has 2 heterocycles. The van der Waals surface area contributed by atoms with Gasteiger partial charge in [-0.05, 0) is 24.6 Å². The van der Waals surface area contributed by atoms with Crippen molar-refractivity contribution in [2.24, 2.45) is 0 Å². The van der Waals surface area contributed by atoms with Gasteiger partial charge in [0.25, 0.3) is 0 Å². The van der Waals surface area contributed by atoms with Crippen LogP contribution in [0.4, 0.5) is 5.82 Å². The quantitative estimate of drug-likeness (QED) is 0.856. The summed E-state index contributed by atoms with van der Waals surface area (Å²) in [4.78, 5) is 10.5. The summed E-state index contributed by atoms with van der Waals surface area (Å²) in [6.45, 7) is 3.94. The number of anilines is 1. The number of nitrogens with zero attached hydrogens (tertiary/aromatic N) is 3. The van der Waals surface area contributed by atoms with Crippen molar-refractivity contribution >= 4 is 5.82 Å². The largest absolute Gasteiger partial charge is 0.486 e. The monoisotopic (exact) mass is 271 g/mol. The highest BCUT2D eigenvalue weighted by Crippen LogP contribution is 2.31. The van der Waals surface area contributed by atoms with E-state index in [9.17, 15) is 0 Å². The van der Waals surface area contributed by atoms with Gasteiger partial charge in [0.1, 0.15) is 25.4 Å². The topological polar surface area (TPSA) is 47.5 Å². The van der Waals surface area contributed by atoms with Crippen LogP contribution in [0.15, 0.2) is 30.6 Å². The molecule has 0 radical (unpaired) electrons. The first-order valence-corrected chi connectivity index (χ1v) is 6.61. The molecule has 0 bridgehead atoms. The van der Waals surface area contributed by atoms with Gasteiger partial charge >= 0.3 is 0 Å². The molecule has 0 saturated carbocycles. The molecule has 1 aromatic heterocycles. The first-order chi connectivity index (χ1) is 9.72. The average Bonchev–Trinajstić information content (AvgIpc) is 2.47. The summed E-state index contributed by atoms with van der Waals surface area (Å²) in [5.41, 5.74) is 2.12. The van der Waals surface area contributed by atoms with Crippen LogP contribution in [0.25, 0.3) is 0 Å². The molecule has 20 heavy (non-hydrogen) atoms. The molecule has 0 spiro atoms. The molecule has 3 rings (SSSR count). The van der Waals surface area contributed by atoms with E-state index in [2.05, 4.69) is 20.9 Å². The zero-order valence-electron chi connectivity index (χ0n) is 11.7. The highest BCUT2D eigenvalue weighted by molar-refractivity contribution is 5.46. The molecular formula is C15H17N3O2. The zero-order valence-corrected chi connectivity index (χ0v) is 11.7. The van der Waals surface area contributed by atoms with E-state index in [-0.39, 0.29) is 0 Å². The van der Waals surface area contributed by atoms with Gasteiger partial charge in [0, 0.05) is 25.4 Å². The first kappa shape index (κ1) is 12.7. The number of rotatable bonds is 3. The Labute approximate surface area is 118 Å². The molecule has 0 amide bonds. The number of fused-ring (bicyclic) bond motifs is 1. The minimum atomic E-state index is 0.609. The number of aromatic nitrogens is 2. The number of hydrogen-bond acceptors (Lipinski definition) is 5. The van der Waals surface area contributed by atoms with Crippen LogP contribution >= 0.6 is 0 Å². The molecule has 0 atom stereocenters. The van der Waals surface area contributed by atoms with Crippen LogP contribution < -0.4 is 14.4 Å². The van der Waals surface area contributed by atoms with Crippen LogP contribution in [0.3, 0.4) is 0 Å². The molecule has 0 N–H and O–H groups in total. The Morgan fingerprint density at radius 2 is 1.90 bits per heavy atom. The fourth-order valence-electron chi connectivity index (χ4n) is 2.19. The van der Waals surface area contributed by atoms with Gasteiger partial charge in [-0.1, -0.05) is 6.07 Å². The number of benzene rings is 1. The summed E-state index contributed by atoms with van der Waals surface area (Å²) in [6.07, 6.45) is 1.59. The summed E-state index contributed by atoms with van der Waals surface area (Å²) < 4.78 is 11.1. The third-order valence-electron chi connectivity index (χ3n) is 3.21. The van der Waals surface area contributed by atoms with Crippen molar-refractivity contribution in [2.45, 2.75) is 13.5 Å². The Bertz CT molecular complexity index is 616. The maximum Gasteiger partial charge on any atom is 0.161 e. The lowest BCUT2D eigenvalue weighted by Crippen LogP contribution is -2.19. The predicted molar refractivity (Wildman–Crippen MR) is 76.3 cm³/mol. The van der Waals surface area contributed by atoms with Crippen molar-refractivity contribution in [3.05, 3.63) is 41.9 Å². The fraction of sp³-hybridized carbons (Fsp3) is 0.333. The molecule has 1 aromatic carbocycles. The Kier molecular flexibility index (Phi) is 3.41. The van der Waals surface area contributed by atoms with Crippen LogP contribution in [0.5, 0.6) is 11.5 Å². The van der Waals surface area contributed by atoms with Crippen LogP contribution in [0, 0.1) is 6.92 Å². The van der Waals surface area contributed by atoms with Crippen molar-refractivity contribution < 1.29 is 9.47 Å². The van der Waals surface area contributed by atoms with Crippen LogP contribution in [-0.2, 0) is 6.54 Å². The maximum absolute atomic E-state index is 5.60. The molecule has 1 aliphatic rings. The van der Waals surface area contributed by atoms with Crippen molar-refractivity contribution in [3.63, 3.8) is 0 Å². The lowest BCUT2D eigenvalue weighted by atomic mass is 10.2. The lowest BCUT2D eigenvalue weighted by Gasteiger charge is -2.21. The van der Waals surface area contributed by atoms with E-state index in [1.165, 1.54) is 0 Å². The number of ether oxygens (including phenoxy) is 2. The van der Waals surface area contributed by atoms with Gasteiger partial charge in [-0.3, -0.25) is 0 Å². The van der Waals surface area contributed by atoms with Gasteiger partial charge < -0.3 is 14.4 Å². The molecule has 0 saturated heterocycles. The Morgan fingerprint density at radius 3 is 2.70 bits per heavy atom. The second-order valence-corrected chi connectivity index (χ2v) is 4.85. The van der Waals surface area contributed by atoms with Gasteiger partial charge in [0.05, 0.1) is 0 Å². The summed E-state index contributed by atoms with van der Waals surface area (Å²) in [5.74, 6) is 2.55. The molecule has 0 fully saturated rings. The second kappa shape index (κ2) is 5.36. The highest BCUT2D eigenvalue weighted by Gasteiger charge is 2.12. The Balaban J connectivity index is 1.77. The van der Waals surface area contributed by atoms with Gasteiger partial charge in [0.2, 0.25) is 0 Å². The van der Waals surface area contributed by atoms with E-state index in [1.807, 2.05) is 32.2 Å². The van der Waals surface area contributed by atoms with Crippen molar-refractivity contribution in [1.29, 1.82) is 0 Å². The van der Waals surface area contributed by atoms with Crippen molar-refractivity contribution in [3.8, 4) is 11.5 Å². The predicted octanol–water partition coefficient (Wildman–Crippen LogP) is 2.19. The molecule has 1 aliphatic heterocycles. The van der Waals surface area contributed by atoms with Gasteiger partial charge in [0.15, 0.2) is 11.5 Å². The van der Waals surface area contributed by atoms with E-state index in [0.717, 1.165) is 35.1 Å². The second-order valence-electron chi connectivity index (χ2n) is 4.85. The third kappa shape index (κ3) is 2.66. The minimum absolute atomic E-state index is 0.609. The Hall–Kier alpha value is -2.30. The smallest absolute Gasteiger partial charge is 0.161 e. The SMILES string of the molecule is Cc1cc(N(C)Cc2ccc3c(c2)OCCO3)ncn1. The zero-order chi connectivity index (χ0) is 13.9. The van der Waals surface area contributed by atoms with Gasteiger partial charge in [-0.25, -0.2) is 9.97 Å². The van der Waals surface area contributed by atoms with Crippen molar-refractivity contribution in [2.75, 3.05) is 25.2 Å². The first-order valence-electron chi connectivity index (χ1n) is 6.61. The number of aryl methyl sites for hydroxylation is 1. The van der Waals surface area contributed by atoms with Crippen LogP contribution in [-0.4, -0.2) is 30.2 Å². The molecule has 0 unspecified atom stereocenters. The molecule has 2 aromatic rings. The van der Waals surface area contributed by atoms with Gasteiger partial charge in [-0.15, -0.1) is 0 Å². The standard InChI is InChI=1S/C15H17N3O2/c1-11-7-15(17-10-16-11)18(2)9-12-3-4-13-14(8-12)20-6-5-19-13/h3-4,7-8,10H,5-6,9H2,1-2H3. The maximum atomic E-state index is 5.60. The third-order valence-corrected chi connectivity index (χ3v) is 3.21. The minimum Gasteiger partial charge on any atom is -0.486 e.